The number of carbonyl (C=O) groups is 1. The van der Waals surface area contributed by atoms with E-state index in [2.05, 4.69) is 5.32 Å². The van der Waals surface area contributed by atoms with E-state index in [1.165, 1.54) is 0 Å². The fourth-order valence-electron chi connectivity index (χ4n) is 1.68. The second-order valence-corrected chi connectivity index (χ2v) is 4.55. The van der Waals surface area contributed by atoms with E-state index in [0.29, 0.717) is 17.7 Å². The average molecular weight is 251 g/mol. The summed E-state index contributed by atoms with van der Waals surface area (Å²) < 4.78 is 0. The van der Waals surface area contributed by atoms with Crippen LogP contribution in [0.3, 0.4) is 0 Å². The Morgan fingerprint density at radius 3 is 2.67 bits per heavy atom. The van der Waals surface area contributed by atoms with E-state index in [1.54, 1.807) is 12.1 Å². The Bertz CT molecular complexity index is 419. The van der Waals surface area contributed by atoms with Crippen molar-refractivity contribution in [2.45, 2.75) is 19.4 Å². The molecule has 4 N–H and O–H groups in total. The molecule has 0 aliphatic heterocycles. The zero-order chi connectivity index (χ0) is 13.7. The summed E-state index contributed by atoms with van der Waals surface area (Å²) >= 11 is 0. The third-order valence-electron chi connectivity index (χ3n) is 2.71. The Morgan fingerprint density at radius 1 is 1.50 bits per heavy atom. The third-order valence-corrected chi connectivity index (χ3v) is 2.71. The molecule has 0 radical (unpaired) electrons. The number of aliphatic hydroxyl groups excluding tert-OH is 1. The SMILES string of the molecule is CC(CCO)NC(=O)c1ccc(N(C)C)c(N)c1. The lowest BCUT2D eigenvalue weighted by Gasteiger charge is -2.17. The number of rotatable bonds is 5. The van der Waals surface area contributed by atoms with Crippen molar-refractivity contribution in [3.05, 3.63) is 23.8 Å². The molecule has 1 unspecified atom stereocenters. The van der Waals surface area contributed by atoms with Crippen LogP contribution in [-0.4, -0.2) is 37.8 Å². The maximum absolute atomic E-state index is 11.9. The second-order valence-electron chi connectivity index (χ2n) is 4.55. The predicted molar refractivity (Wildman–Crippen MR) is 73.8 cm³/mol. The van der Waals surface area contributed by atoms with E-state index >= 15 is 0 Å². The highest BCUT2D eigenvalue weighted by atomic mass is 16.3. The largest absolute Gasteiger partial charge is 0.397 e. The number of aliphatic hydroxyl groups is 1. The molecule has 0 aliphatic rings. The number of nitrogens with two attached hydrogens (primary N) is 1. The standard InChI is InChI=1S/C13H21N3O2/c1-9(6-7-17)15-13(18)10-4-5-12(16(2)3)11(14)8-10/h4-5,8-9,17H,6-7,14H2,1-3H3,(H,15,18). The van der Waals surface area contributed by atoms with Crippen LogP contribution in [0.15, 0.2) is 18.2 Å². The fraction of sp³-hybridized carbons (Fsp3) is 0.462. The zero-order valence-electron chi connectivity index (χ0n) is 11.1. The smallest absolute Gasteiger partial charge is 0.251 e. The van der Waals surface area contributed by atoms with Crippen molar-refractivity contribution in [1.82, 2.24) is 5.32 Å². The van der Waals surface area contributed by atoms with Crippen molar-refractivity contribution in [1.29, 1.82) is 0 Å². The minimum absolute atomic E-state index is 0.0581. The highest BCUT2D eigenvalue weighted by molar-refractivity contribution is 5.96. The first-order chi connectivity index (χ1) is 8.45. The van der Waals surface area contributed by atoms with Gasteiger partial charge in [0.25, 0.3) is 5.91 Å². The van der Waals surface area contributed by atoms with Crippen molar-refractivity contribution in [3.8, 4) is 0 Å². The highest BCUT2D eigenvalue weighted by Crippen LogP contribution is 2.22. The summed E-state index contributed by atoms with van der Waals surface area (Å²) in [6.45, 7) is 1.91. The monoisotopic (exact) mass is 251 g/mol. The van der Waals surface area contributed by atoms with Crippen LogP contribution in [0.4, 0.5) is 11.4 Å². The van der Waals surface area contributed by atoms with Crippen LogP contribution in [0.5, 0.6) is 0 Å². The van der Waals surface area contributed by atoms with Gasteiger partial charge in [0.05, 0.1) is 11.4 Å². The van der Waals surface area contributed by atoms with Crippen LogP contribution in [0.25, 0.3) is 0 Å². The van der Waals surface area contributed by atoms with Crippen molar-refractivity contribution in [2.24, 2.45) is 0 Å². The molecular formula is C13H21N3O2. The molecule has 0 aliphatic carbocycles. The summed E-state index contributed by atoms with van der Waals surface area (Å²) in [6.07, 6.45) is 0.539. The number of nitrogen functional groups attached to an aromatic ring is 1. The van der Waals surface area contributed by atoms with Crippen LogP contribution >= 0.6 is 0 Å². The second kappa shape index (κ2) is 6.26. The Morgan fingerprint density at radius 2 is 2.17 bits per heavy atom. The van der Waals surface area contributed by atoms with E-state index in [4.69, 9.17) is 10.8 Å². The number of nitrogens with one attached hydrogen (secondary N) is 1. The molecule has 1 aromatic carbocycles. The third kappa shape index (κ3) is 3.63. The van der Waals surface area contributed by atoms with Gasteiger partial charge in [-0.15, -0.1) is 0 Å². The van der Waals surface area contributed by atoms with Crippen LogP contribution in [0, 0.1) is 0 Å². The molecule has 0 saturated carbocycles. The predicted octanol–water partition coefficient (Wildman–Crippen LogP) is 0.836. The Labute approximate surface area is 108 Å². The van der Waals surface area contributed by atoms with Crippen molar-refractivity contribution < 1.29 is 9.90 Å². The lowest BCUT2D eigenvalue weighted by Crippen LogP contribution is -2.33. The van der Waals surface area contributed by atoms with Gasteiger partial charge in [-0.2, -0.15) is 0 Å². The maximum Gasteiger partial charge on any atom is 0.251 e. The first-order valence-corrected chi connectivity index (χ1v) is 5.94. The number of benzene rings is 1. The van der Waals surface area contributed by atoms with E-state index in [0.717, 1.165) is 5.69 Å². The number of amides is 1. The quantitative estimate of drug-likeness (QED) is 0.677. The molecule has 0 heterocycles. The van der Waals surface area contributed by atoms with Gasteiger partial charge in [-0.3, -0.25) is 4.79 Å². The normalized spacial score (nSPS) is 12.0. The molecule has 100 valence electrons. The van der Waals surface area contributed by atoms with Crippen molar-refractivity contribution in [2.75, 3.05) is 31.3 Å². The zero-order valence-corrected chi connectivity index (χ0v) is 11.1. The van der Waals surface area contributed by atoms with E-state index in [1.807, 2.05) is 32.0 Å². The van der Waals surface area contributed by atoms with E-state index < -0.39 is 0 Å². The van der Waals surface area contributed by atoms with Crippen LogP contribution < -0.4 is 16.0 Å². The maximum atomic E-state index is 11.9. The molecule has 1 rings (SSSR count). The molecule has 1 amide bonds. The first kappa shape index (κ1) is 14.3. The van der Waals surface area contributed by atoms with E-state index in [-0.39, 0.29) is 18.6 Å². The van der Waals surface area contributed by atoms with Gasteiger partial charge in [-0.25, -0.2) is 0 Å². The van der Waals surface area contributed by atoms with Gasteiger partial charge in [-0.05, 0) is 31.5 Å². The molecule has 1 aromatic rings. The molecule has 1 atom stereocenters. The fourth-order valence-corrected chi connectivity index (χ4v) is 1.68. The topological polar surface area (TPSA) is 78.6 Å². The molecule has 0 saturated heterocycles. The molecule has 5 heteroatoms. The molecule has 5 nitrogen and oxygen atoms in total. The summed E-state index contributed by atoms with van der Waals surface area (Å²) in [5.74, 6) is -0.173. The van der Waals surface area contributed by atoms with Gasteiger partial charge in [0.15, 0.2) is 0 Å². The molecule has 0 bridgehead atoms. The Kier molecular flexibility index (Phi) is 4.97. The lowest BCUT2D eigenvalue weighted by atomic mass is 10.1. The summed E-state index contributed by atoms with van der Waals surface area (Å²) in [4.78, 5) is 13.8. The molecule has 0 fully saturated rings. The first-order valence-electron chi connectivity index (χ1n) is 5.94. The van der Waals surface area contributed by atoms with Gasteiger partial charge in [0, 0.05) is 32.3 Å². The Balaban J connectivity index is 2.78. The summed E-state index contributed by atoms with van der Waals surface area (Å²) in [7, 11) is 3.80. The van der Waals surface area contributed by atoms with E-state index in [9.17, 15) is 4.79 Å². The van der Waals surface area contributed by atoms with Gasteiger partial charge >= 0.3 is 0 Å². The minimum Gasteiger partial charge on any atom is -0.397 e. The highest BCUT2D eigenvalue weighted by Gasteiger charge is 2.11. The van der Waals surface area contributed by atoms with Crippen LogP contribution in [0.1, 0.15) is 23.7 Å². The molecule has 0 spiro atoms. The molecular weight excluding hydrogens is 230 g/mol. The lowest BCUT2D eigenvalue weighted by molar-refractivity contribution is 0.0934. The Hall–Kier alpha value is -1.75. The average Bonchev–Trinajstić information content (AvgIpc) is 2.28. The minimum atomic E-state index is -0.173. The molecule has 0 aromatic heterocycles. The van der Waals surface area contributed by atoms with Gasteiger partial charge in [-0.1, -0.05) is 0 Å². The van der Waals surface area contributed by atoms with Crippen molar-refractivity contribution in [3.63, 3.8) is 0 Å². The van der Waals surface area contributed by atoms with Crippen LogP contribution in [-0.2, 0) is 0 Å². The van der Waals surface area contributed by atoms with Crippen molar-refractivity contribution >= 4 is 17.3 Å². The number of nitrogens with zero attached hydrogens (tertiary/aromatic N) is 1. The van der Waals surface area contributed by atoms with Gasteiger partial charge in [0.2, 0.25) is 0 Å². The van der Waals surface area contributed by atoms with Gasteiger partial charge < -0.3 is 21.1 Å². The van der Waals surface area contributed by atoms with Crippen LogP contribution in [0.2, 0.25) is 0 Å². The number of anilines is 2. The number of hydrogen-bond donors (Lipinski definition) is 3. The summed E-state index contributed by atoms with van der Waals surface area (Å²) in [6, 6.07) is 5.17. The number of carbonyl (C=O) groups excluding carboxylic acids is 1. The van der Waals surface area contributed by atoms with Gasteiger partial charge in [0.1, 0.15) is 0 Å². The summed E-state index contributed by atoms with van der Waals surface area (Å²) in [5.41, 5.74) is 7.87. The summed E-state index contributed by atoms with van der Waals surface area (Å²) in [5, 5.41) is 11.6. The number of hydrogen-bond acceptors (Lipinski definition) is 4. The molecule has 18 heavy (non-hydrogen) atoms.